The molecule has 2 aromatic rings. The van der Waals surface area contributed by atoms with Crippen LogP contribution in [0, 0.1) is 0 Å². The molecule has 1 amide bonds. The van der Waals surface area contributed by atoms with E-state index in [9.17, 15) is 18.0 Å². The molecule has 210 valence electrons. The zero-order valence-corrected chi connectivity index (χ0v) is 23.8. The van der Waals surface area contributed by atoms with Crippen LogP contribution in [0.5, 0.6) is 11.5 Å². The van der Waals surface area contributed by atoms with Gasteiger partial charge in [-0.15, -0.1) is 11.6 Å². The van der Waals surface area contributed by atoms with E-state index in [-0.39, 0.29) is 32.0 Å². The highest BCUT2D eigenvalue weighted by Crippen LogP contribution is 2.35. The third kappa shape index (κ3) is 12.1. The van der Waals surface area contributed by atoms with Crippen LogP contribution < -0.4 is 14.2 Å². The quantitative estimate of drug-likeness (QED) is 0.221. The Kier molecular flexibility index (Phi) is 13.4. The van der Waals surface area contributed by atoms with Crippen LogP contribution in [0.3, 0.4) is 0 Å². The highest BCUT2D eigenvalue weighted by molar-refractivity contribution is 7.89. The van der Waals surface area contributed by atoms with E-state index >= 15 is 0 Å². The molecule has 0 aliphatic heterocycles. The van der Waals surface area contributed by atoms with Gasteiger partial charge in [0.2, 0.25) is 15.8 Å². The van der Waals surface area contributed by atoms with Crippen molar-refractivity contribution in [2.75, 3.05) is 45.9 Å². The Balaban J connectivity index is 1.81. The normalized spacial score (nSPS) is 12.0. The van der Waals surface area contributed by atoms with Gasteiger partial charge >= 0.3 is 6.09 Å². The van der Waals surface area contributed by atoms with E-state index in [2.05, 4.69) is 4.74 Å². The van der Waals surface area contributed by atoms with Gasteiger partial charge in [-0.3, -0.25) is 4.79 Å². The van der Waals surface area contributed by atoms with Gasteiger partial charge in [-0.25, -0.2) is 17.9 Å². The number of ether oxygens (including phenoxy) is 5. The van der Waals surface area contributed by atoms with Crippen LogP contribution in [0.15, 0.2) is 36.4 Å². The number of hydrogen-bond donors (Lipinski definition) is 1. The number of alkyl halides is 1. The number of halogens is 3. The number of amides is 1. The van der Waals surface area contributed by atoms with Crippen LogP contribution in [0.25, 0.3) is 0 Å². The number of carbonyl (C=O) groups is 2. The number of sulfonamides is 1. The molecule has 0 spiro atoms. The SMILES string of the molecule is COCOC(CCl)COc1c(Cl)cc(CCc2ccc(OCC(=O)COC(=O)NS(C)(=O)=O)cc2)cc1Cl. The summed E-state index contributed by atoms with van der Waals surface area (Å²) in [6, 6.07) is 10.7. The molecule has 1 N–H and O–H groups in total. The van der Waals surface area contributed by atoms with Crippen LogP contribution >= 0.6 is 34.8 Å². The maximum absolute atomic E-state index is 11.8. The summed E-state index contributed by atoms with van der Waals surface area (Å²) in [5.74, 6) is 0.474. The van der Waals surface area contributed by atoms with Gasteiger partial charge in [-0.1, -0.05) is 35.3 Å². The van der Waals surface area contributed by atoms with Crippen LogP contribution in [-0.2, 0) is 41.9 Å². The second-order valence-corrected chi connectivity index (χ2v) is 10.8. The Morgan fingerprint density at radius 1 is 0.974 bits per heavy atom. The minimum atomic E-state index is -3.77. The molecule has 1 atom stereocenters. The highest BCUT2D eigenvalue weighted by Gasteiger charge is 2.15. The lowest BCUT2D eigenvalue weighted by atomic mass is 10.0. The maximum Gasteiger partial charge on any atom is 0.421 e. The Hall–Kier alpha value is -2.28. The Morgan fingerprint density at radius 3 is 2.18 bits per heavy atom. The minimum absolute atomic E-state index is 0.0937. The number of aryl methyl sites for hydroxylation is 2. The molecule has 10 nitrogen and oxygen atoms in total. The molecule has 0 saturated carbocycles. The van der Waals surface area contributed by atoms with Crippen molar-refractivity contribution in [3.63, 3.8) is 0 Å². The van der Waals surface area contributed by atoms with Crippen molar-refractivity contribution in [1.29, 1.82) is 0 Å². The fourth-order valence-electron chi connectivity index (χ4n) is 2.95. The zero-order chi connectivity index (χ0) is 28.1. The van der Waals surface area contributed by atoms with Crippen LogP contribution in [-0.4, -0.2) is 72.3 Å². The van der Waals surface area contributed by atoms with E-state index < -0.39 is 28.5 Å². The first-order valence-electron chi connectivity index (χ1n) is 11.2. The summed E-state index contributed by atoms with van der Waals surface area (Å²) < 4.78 is 49.3. The fraction of sp³-hybridized carbons (Fsp3) is 0.417. The molecule has 2 aromatic carbocycles. The number of carbonyl (C=O) groups excluding carboxylic acids is 2. The summed E-state index contributed by atoms with van der Waals surface area (Å²) >= 11 is 18.6. The summed E-state index contributed by atoms with van der Waals surface area (Å²) in [5.41, 5.74) is 1.93. The largest absolute Gasteiger partial charge is 0.488 e. The highest BCUT2D eigenvalue weighted by atomic mass is 35.5. The number of nitrogens with one attached hydrogen (secondary N) is 1. The lowest BCUT2D eigenvalue weighted by Gasteiger charge is -2.17. The van der Waals surface area contributed by atoms with Gasteiger partial charge in [-0.05, 0) is 48.2 Å². The molecule has 0 bridgehead atoms. The smallest absolute Gasteiger partial charge is 0.421 e. The standard InChI is InChI=1S/C24H28Cl3NO9S/c1-33-15-37-20(11-25)14-35-23-21(26)9-17(10-22(23)27)4-3-16-5-7-19(8-6-16)34-12-18(29)13-36-24(30)28-38(2,31)32/h5-10,20H,3-4,11-15H2,1-2H3,(H,28,30). The van der Waals surface area contributed by atoms with Crippen molar-refractivity contribution in [2.24, 2.45) is 0 Å². The summed E-state index contributed by atoms with van der Waals surface area (Å²) in [6.45, 7) is -0.710. The predicted octanol–water partition coefficient (Wildman–Crippen LogP) is 4.02. The van der Waals surface area contributed by atoms with E-state index in [4.69, 9.17) is 53.8 Å². The predicted molar refractivity (Wildman–Crippen MR) is 143 cm³/mol. The number of hydrogen-bond acceptors (Lipinski definition) is 9. The first-order valence-corrected chi connectivity index (χ1v) is 14.3. The van der Waals surface area contributed by atoms with E-state index in [0.29, 0.717) is 34.4 Å². The van der Waals surface area contributed by atoms with Gasteiger partial charge in [0.05, 0.1) is 22.2 Å². The molecule has 0 fully saturated rings. The summed E-state index contributed by atoms with van der Waals surface area (Å²) in [5, 5.41) is 0.748. The summed E-state index contributed by atoms with van der Waals surface area (Å²) in [7, 11) is -2.25. The molecule has 0 aliphatic carbocycles. The minimum Gasteiger partial charge on any atom is -0.488 e. The number of Topliss-reactive ketones (excluding diaryl/α,β-unsaturated/α-hetero) is 1. The van der Waals surface area contributed by atoms with Crippen molar-refractivity contribution in [2.45, 2.75) is 18.9 Å². The average Bonchev–Trinajstić information content (AvgIpc) is 2.85. The second-order valence-electron chi connectivity index (χ2n) is 7.97. The Labute approximate surface area is 236 Å². The van der Waals surface area contributed by atoms with Gasteiger partial charge in [0.15, 0.2) is 12.4 Å². The molecule has 0 aromatic heterocycles. The Morgan fingerprint density at radius 2 is 1.61 bits per heavy atom. The van der Waals surface area contributed by atoms with Gasteiger partial charge in [0.25, 0.3) is 0 Å². The third-order valence-corrected chi connectivity index (χ3v) is 6.17. The van der Waals surface area contributed by atoms with Crippen molar-refractivity contribution < 1.29 is 41.7 Å². The molecular formula is C24H28Cl3NO9S. The molecule has 0 aliphatic rings. The second kappa shape index (κ2) is 16.0. The van der Waals surface area contributed by atoms with Crippen molar-refractivity contribution in [3.8, 4) is 11.5 Å². The van der Waals surface area contributed by atoms with Crippen molar-refractivity contribution in [3.05, 3.63) is 57.6 Å². The zero-order valence-electron chi connectivity index (χ0n) is 20.7. The lowest BCUT2D eigenvalue weighted by molar-refractivity contribution is -0.123. The molecule has 0 saturated heterocycles. The first kappa shape index (κ1) is 31.9. The lowest BCUT2D eigenvalue weighted by Crippen LogP contribution is -2.32. The topological polar surface area (TPSA) is 126 Å². The number of rotatable bonds is 16. The van der Waals surface area contributed by atoms with Crippen molar-refractivity contribution >= 4 is 56.7 Å². The molecule has 1 unspecified atom stereocenters. The monoisotopic (exact) mass is 611 g/mol. The molecule has 0 heterocycles. The third-order valence-electron chi connectivity index (χ3n) is 4.72. The first-order chi connectivity index (χ1) is 18.0. The average molecular weight is 613 g/mol. The van der Waals surface area contributed by atoms with Gasteiger partial charge in [-0.2, -0.15) is 0 Å². The van der Waals surface area contributed by atoms with Crippen molar-refractivity contribution in [1.82, 2.24) is 4.72 Å². The summed E-state index contributed by atoms with van der Waals surface area (Å²) in [4.78, 5) is 23.0. The van der Waals surface area contributed by atoms with Crippen LogP contribution in [0.4, 0.5) is 4.79 Å². The molecule has 2 rings (SSSR count). The maximum atomic E-state index is 11.8. The van der Waals surface area contributed by atoms with E-state index in [1.165, 1.54) is 7.11 Å². The van der Waals surface area contributed by atoms with E-state index in [1.807, 2.05) is 12.1 Å². The van der Waals surface area contributed by atoms with Crippen LogP contribution in [0.2, 0.25) is 10.0 Å². The number of ketones is 1. The molecule has 14 heteroatoms. The van der Waals surface area contributed by atoms with Crippen LogP contribution in [0.1, 0.15) is 11.1 Å². The Bertz CT molecular complexity index is 1150. The van der Waals surface area contributed by atoms with Gasteiger partial charge in [0, 0.05) is 7.11 Å². The molecule has 38 heavy (non-hydrogen) atoms. The number of methoxy groups -OCH3 is 1. The van der Waals surface area contributed by atoms with Gasteiger partial charge < -0.3 is 23.7 Å². The molecular weight excluding hydrogens is 585 g/mol. The van der Waals surface area contributed by atoms with E-state index in [0.717, 1.165) is 17.4 Å². The summed E-state index contributed by atoms with van der Waals surface area (Å²) in [6.07, 6.45) is 0.526. The van der Waals surface area contributed by atoms with Gasteiger partial charge in [0.1, 0.15) is 31.9 Å². The fourth-order valence-corrected chi connectivity index (χ4v) is 4.13. The number of benzene rings is 2. The molecule has 0 radical (unpaired) electrons. The van der Waals surface area contributed by atoms with E-state index in [1.54, 1.807) is 29.0 Å².